The van der Waals surface area contributed by atoms with E-state index in [9.17, 15) is 9.59 Å². The molecule has 0 spiro atoms. The summed E-state index contributed by atoms with van der Waals surface area (Å²) in [5.41, 5.74) is 1.29. The van der Waals surface area contributed by atoms with Crippen LogP contribution < -0.4 is 9.64 Å². The molecule has 1 heterocycles. The van der Waals surface area contributed by atoms with E-state index < -0.39 is 0 Å². The molecule has 0 aromatic heterocycles. The van der Waals surface area contributed by atoms with Crippen LogP contribution >= 0.6 is 23.4 Å². The molecule has 2 amide bonds. The smallest absolute Gasteiger partial charge is 0.298 e. The van der Waals surface area contributed by atoms with Crippen LogP contribution in [0.2, 0.25) is 5.02 Å². The monoisotopic (exact) mass is 345 g/mol. The minimum atomic E-state index is -0.335. The summed E-state index contributed by atoms with van der Waals surface area (Å²) < 4.78 is 5.10. The zero-order valence-electron chi connectivity index (χ0n) is 12.2. The van der Waals surface area contributed by atoms with Gasteiger partial charge in [-0.1, -0.05) is 35.9 Å². The van der Waals surface area contributed by atoms with Crippen molar-refractivity contribution in [2.45, 2.75) is 0 Å². The fourth-order valence-electron chi connectivity index (χ4n) is 2.19. The molecule has 1 aliphatic heterocycles. The standard InChI is InChI=1S/C17H12ClNO3S/c1-22-14-8-7-11(9-13(14)18)10-15-16(20)19(17(21)23-15)12-5-3-2-4-6-12/h2-10H,1H3/b15-10+. The molecule has 23 heavy (non-hydrogen) atoms. The Bertz CT molecular complexity index is 805. The Kier molecular flexibility index (Phi) is 4.41. The molecule has 0 bridgehead atoms. The summed E-state index contributed by atoms with van der Waals surface area (Å²) in [4.78, 5) is 26.2. The van der Waals surface area contributed by atoms with E-state index in [-0.39, 0.29) is 11.1 Å². The first-order valence-electron chi connectivity index (χ1n) is 6.76. The second-order valence-corrected chi connectivity index (χ2v) is 6.15. The summed E-state index contributed by atoms with van der Waals surface area (Å²) in [5.74, 6) is 0.222. The molecular weight excluding hydrogens is 334 g/mol. The van der Waals surface area contributed by atoms with Crippen molar-refractivity contribution < 1.29 is 14.3 Å². The predicted molar refractivity (Wildman–Crippen MR) is 92.9 cm³/mol. The average Bonchev–Trinajstić information content (AvgIpc) is 2.82. The minimum absolute atomic E-state index is 0.313. The number of anilines is 1. The molecule has 4 nitrogen and oxygen atoms in total. The summed E-state index contributed by atoms with van der Waals surface area (Å²) in [7, 11) is 1.53. The van der Waals surface area contributed by atoms with Crippen LogP contribution in [0, 0.1) is 0 Å². The van der Waals surface area contributed by atoms with Crippen molar-refractivity contribution in [2.24, 2.45) is 0 Å². The number of amides is 2. The van der Waals surface area contributed by atoms with Crippen LogP contribution in [-0.2, 0) is 4.79 Å². The van der Waals surface area contributed by atoms with Crippen LogP contribution in [0.25, 0.3) is 6.08 Å². The first-order chi connectivity index (χ1) is 11.1. The van der Waals surface area contributed by atoms with Crippen molar-refractivity contribution >= 4 is 46.3 Å². The van der Waals surface area contributed by atoms with Gasteiger partial charge in [-0.2, -0.15) is 0 Å². The highest BCUT2D eigenvalue weighted by Gasteiger charge is 2.36. The number of imide groups is 1. The van der Waals surface area contributed by atoms with Crippen molar-refractivity contribution in [3.05, 3.63) is 64.0 Å². The van der Waals surface area contributed by atoms with E-state index in [1.165, 1.54) is 12.0 Å². The van der Waals surface area contributed by atoms with Crippen LogP contribution in [0.4, 0.5) is 10.5 Å². The number of hydrogen-bond donors (Lipinski definition) is 0. The molecule has 1 saturated heterocycles. The largest absolute Gasteiger partial charge is 0.495 e. The first kappa shape index (κ1) is 15.6. The Morgan fingerprint density at radius 1 is 1.13 bits per heavy atom. The highest BCUT2D eigenvalue weighted by Crippen LogP contribution is 2.36. The third-order valence-electron chi connectivity index (χ3n) is 3.28. The molecule has 1 aliphatic rings. The Hall–Kier alpha value is -2.24. The average molecular weight is 346 g/mol. The van der Waals surface area contributed by atoms with Gasteiger partial charge >= 0.3 is 0 Å². The number of halogens is 1. The number of carbonyl (C=O) groups excluding carboxylic acids is 2. The van der Waals surface area contributed by atoms with Gasteiger partial charge in [-0.15, -0.1) is 0 Å². The van der Waals surface area contributed by atoms with Crippen LogP contribution in [0.5, 0.6) is 5.75 Å². The minimum Gasteiger partial charge on any atom is -0.495 e. The van der Waals surface area contributed by atoms with E-state index in [0.717, 1.165) is 17.3 Å². The summed E-state index contributed by atoms with van der Waals surface area (Å²) in [6.07, 6.45) is 1.65. The normalized spacial score (nSPS) is 16.3. The van der Waals surface area contributed by atoms with E-state index in [0.29, 0.717) is 21.4 Å². The molecule has 0 radical (unpaired) electrons. The number of nitrogens with zero attached hydrogens (tertiary/aromatic N) is 1. The molecule has 0 atom stereocenters. The molecule has 116 valence electrons. The number of carbonyl (C=O) groups is 2. The van der Waals surface area contributed by atoms with Gasteiger partial charge in [0.15, 0.2) is 0 Å². The van der Waals surface area contributed by atoms with Crippen molar-refractivity contribution in [2.75, 3.05) is 12.0 Å². The van der Waals surface area contributed by atoms with Crippen molar-refractivity contribution in [1.82, 2.24) is 0 Å². The lowest BCUT2D eigenvalue weighted by Gasteiger charge is -2.11. The van der Waals surface area contributed by atoms with E-state index in [2.05, 4.69) is 0 Å². The highest BCUT2D eigenvalue weighted by atomic mass is 35.5. The number of benzene rings is 2. The SMILES string of the molecule is COc1ccc(/C=C2/SC(=O)N(c3ccccc3)C2=O)cc1Cl. The van der Waals surface area contributed by atoms with Gasteiger partial charge < -0.3 is 4.74 Å². The zero-order chi connectivity index (χ0) is 16.4. The first-order valence-corrected chi connectivity index (χ1v) is 7.96. The highest BCUT2D eigenvalue weighted by molar-refractivity contribution is 8.19. The molecule has 0 N–H and O–H groups in total. The van der Waals surface area contributed by atoms with Gasteiger partial charge in [0.25, 0.3) is 11.1 Å². The Morgan fingerprint density at radius 2 is 1.87 bits per heavy atom. The van der Waals surface area contributed by atoms with E-state index in [1.54, 1.807) is 48.5 Å². The second kappa shape index (κ2) is 6.48. The number of methoxy groups -OCH3 is 1. The maximum absolute atomic E-state index is 12.5. The number of hydrogen-bond acceptors (Lipinski definition) is 4. The second-order valence-electron chi connectivity index (χ2n) is 4.75. The number of para-hydroxylation sites is 1. The van der Waals surface area contributed by atoms with Crippen molar-refractivity contribution in [3.8, 4) is 5.75 Å². The summed E-state index contributed by atoms with van der Waals surface area (Å²) in [6.45, 7) is 0. The summed E-state index contributed by atoms with van der Waals surface area (Å²) in [5, 5.41) is 0.135. The fraction of sp³-hybridized carbons (Fsp3) is 0.0588. The van der Waals surface area contributed by atoms with Crippen molar-refractivity contribution in [1.29, 1.82) is 0 Å². The molecular formula is C17H12ClNO3S. The number of rotatable bonds is 3. The Balaban J connectivity index is 1.91. The lowest BCUT2D eigenvalue weighted by Crippen LogP contribution is -2.27. The van der Waals surface area contributed by atoms with Crippen LogP contribution in [0.15, 0.2) is 53.4 Å². The zero-order valence-corrected chi connectivity index (χ0v) is 13.7. The lowest BCUT2D eigenvalue weighted by atomic mass is 10.2. The van der Waals surface area contributed by atoms with Gasteiger partial charge in [-0.05, 0) is 47.7 Å². The molecule has 2 aromatic carbocycles. The van der Waals surface area contributed by atoms with Crippen LogP contribution in [-0.4, -0.2) is 18.3 Å². The van der Waals surface area contributed by atoms with Gasteiger partial charge in [0.1, 0.15) is 5.75 Å². The summed E-state index contributed by atoms with van der Waals surface area (Å²) in [6, 6.07) is 14.0. The van der Waals surface area contributed by atoms with E-state index in [4.69, 9.17) is 16.3 Å². The van der Waals surface area contributed by atoms with E-state index in [1.807, 2.05) is 6.07 Å². The van der Waals surface area contributed by atoms with Gasteiger partial charge in [-0.25, -0.2) is 4.90 Å². The topological polar surface area (TPSA) is 46.6 Å². The van der Waals surface area contributed by atoms with Gasteiger partial charge in [0, 0.05) is 0 Å². The lowest BCUT2D eigenvalue weighted by molar-refractivity contribution is -0.113. The van der Waals surface area contributed by atoms with Crippen LogP contribution in [0.3, 0.4) is 0 Å². The molecule has 0 unspecified atom stereocenters. The third kappa shape index (κ3) is 3.11. The predicted octanol–water partition coefficient (Wildman–Crippen LogP) is 4.59. The Labute approximate surface area is 142 Å². The molecule has 6 heteroatoms. The number of ether oxygens (including phenoxy) is 1. The quantitative estimate of drug-likeness (QED) is 0.763. The molecule has 0 saturated carbocycles. The molecule has 0 aliphatic carbocycles. The molecule has 2 aromatic rings. The van der Waals surface area contributed by atoms with Crippen molar-refractivity contribution in [3.63, 3.8) is 0 Å². The third-order valence-corrected chi connectivity index (χ3v) is 4.45. The fourth-order valence-corrected chi connectivity index (χ4v) is 3.30. The number of thioether (sulfide) groups is 1. The maximum Gasteiger partial charge on any atom is 0.298 e. The van der Waals surface area contributed by atoms with Crippen LogP contribution in [0.1, 0.15) is 5.56 Å². The van der Waals surface area contributed by atoms with Gasteiger partial charge in [0.05, 0.1) is 22.7 Å². The van der Waals surface area contributed by atoms with E-state index >= 15 is 0 Å². The molecule has 3 rings (SSSR count). The van der Waals surface area contributed by atoms with Gasteiger partial charge in [0.2, 0.25) is 0 Å². The van der Waals surface area contributed by atoms with Gasteiger partial charge in [-0.3, -0.25) is 9.59 Å². The molecule has 1 fully saturated rings. The maximum atomic E-state index is 12.5. The summed E-state index contributed by atoms with van der Waals surface area (Å²) >= 11 is 6.99. The Morgan fingerprint density at radius 3 is 2.52 bits per heavy atom.